The van der Waals surface area contributed by atoms with Crippen LogP contribution in [0.2, 0.25) is 0 Å². The minimum atomic E-state index is -0.417. The minimum absolute atomic E-state index is 0.00815. The van der Waals surface area contributed by atoms with Gasteiger partial charge in [0.1, 0.15) is 18.0 Å². The Hall–Kier alpha value is -4.59. The number of rotatable bonds is 5. The highest BCUT2D eigenvalue weighted by molar-refractivity contribution is 6.00. The summed E-state index contributed by atoms with van der Waals surface area (Å²) < 4.78 is 9.97. The molecule has 8 nitrogen and oxygen atoms in total. The van der Waals surface area contributed by atoms with Crippen LogP contribution in [-0.2, 0) is 16.1 Å². The van der Waals surface area contributed by atoms with E-state index in [1.165, 1.54) is 12.7 Å². The summed E-state index contributed by atoms with van der Waals surface area (Å²) in [4.78, 5) is 43.7. The zero-order valence-corrected chi connectivity index (χ0v) is 21.8. The third-order valence-electron chi connectivity index (χ3n) is 6.33. The summed E-state index contributed by atoms with van der Waals surface area (Å²) in [7, 11) is 2.93. The average molecular weight is 514 g/mol. The first-order valence-electron chi connectivity index (χ1n) is 12.3. The first-order chi connectivity index (χ1) is 18.4. The largest absolute Gasteiger partial charge is 0.497 e. The van der Waals surface area contributed by atoms with Gasteiger partial charge in [-0.15, -0.1) is 0 Å². The molecule has 4 aromatic rings. The fourth-order valence-electron chi connectivity index (χ4n) is 4.24. The highest BCUT2D eigenvalue weighted by Gasteiger charge is 2.28. The van der Waals surface area contributed by atoms with Gasteiger partial charge in [-0.05, 0) is 48.9 Å². The number of aromatic nitrogens is 1. The summed E-state index contributed by atoms with van der Waals surface area (Å²) in [5.74, 6) is -0.0539. The lowest BCUT2D eigenvalue weighted by atomic mass is 10.1. The third-order valence-corrected chi connectivity index (χ3v) is 6.33. The second kappa shape index (κ2) is 12.1. The molecule has 1 saturated heterocycles. The Labute approximate surface area is 221 Å². The highest BCUT2D eigenvalue weighted by Crippen LogP contribution is 2.22. The van der Waals surface area contributed by atoms with Crippen LogP contribution in [0.4, 0.5) is 0 Å². The van der Waals surface area contributed by atoms with Gasteiger partial charge in [0.05, 0.1) is 19.8 Å². The number of hydrogen-bond donors (Lipinski definition) is 1. The Morgan fingerprint density at radius 3 is 2.37 bits per heavy atom. The van der Waals surface area contributed by atoms with Gasteiger partial charge in [-0.1, -0.05) is 48.0 Å². The summed E-state index contributed by atoms with van der Waals surface area (Å²) in [6, 6.07) is 24.6. The van der Waals surface area contributed by atoms with Gasteiger partial charge in [-0.2, -0.15) is 0 Å². The zero-order valence-electron chi connectivity index (χ0n) is 21.8. The van der Waals surface area contributed by atoms with E-state index < -0.39 is 5.97 Å². The van der Waals surface area contributed by atoms with Crippen LogP contribution in [0.5, 0.6) is 5.75 Å². The number of esters is 1. The third kappa shape index (κ3) is 6.39. The molecule has 3 aromatic carbocycles. The number of methoxy groups -OCH3 is 2. The molecule has 1 aliphatic heterocycles. The number of H-pyrrole nitrogens is 1. The van der Waals surface area contributed by atoms with Crippen LogP contribution in [0.15, 0.2) is 78.9 Å². The van der Waals surface area contributed by atoms with Gasteiger partial charge in [0, 0.05) is 30.5 Å². The average Bonchev–Trinajstić information content (AvgIpc) is 3.37. The first kappa shape index (κ1) is 26.5. The van der Waals surface area contributed by atoms with Crippen molar-refractivity contribution in [3.63, 3.8) is 0 Å². The van der Waals surface area contributed by atoms with Crippen LogP contribution in [0.3, 0.4) is 0 Å². The van der Waals surface area contributed by atoms with Crippen LogP contribution in [0.25, 0.3) is 10.9 Å². The lowest BCUT2D eigenvalue weighted by Gasteiger charge is -2.34. The zero-order chi connectivity index (χ0) is 27.1. The van der Waals surface area contributed by atoms with Gasteiger partial charge in [-0.3, -0.25) is 9.59 Å². The quantitative estimate of drug-likeness (QED) is 0.399. The van der Waals surface area contributed by atoms with Crippen LogP contribution in [-0.4, -0.2) is 66.4 Å². The Balaban J connectivity index is 0.000000417. The van der Waals surface area contributed by atoms with Gasteiger partial charge in [0.15, 0.2) is 0 Å². The summed E-state index contributed by atoms with van der Waals surface area (Å²) in [5.41, 5.74) is 3.87. The molecule has 5 rings (SSSR count). The van der Waals surface area contributed by atoms with Crippen molar-refractivity contribution in [1.29, 1.82) is 0 Å². The predicted molar refractivity (Wildman–Crippen MR) is 145 cm³/mol. The molecular weight excluding hydrogens is 482 g/mol. The molecular formula is C30H31N3O5. The number of nitrogens with zero attached hydrogens (tertiary/aromatic N) is 2. The van der Waals surface area contributed by atoms with Crippen LogP contribution in [0, 0.1) is 6.92 Å². The van der Waals surface area contributed by atoms with E-state index in [2.05, 4.69) is 24.0 Å². The van der Waals surface area contributed by atoms with Crippen molar-refractivity contribution in [3.8, 4) is 5.75 Å². The van der Waals surface area contributed by atoms with Crippen molar-refractivity contribution in [2.24, 2.45) is 0 Å². The number of fused-ring (bicyclic) bond motifs is 1. The lowest BCUT2D eigenvalue weighted by molar-refractivity contribution is -0.135. The molecule has 196 valence electrons. The number of nitrogens with one attached hydrogen (secondary N) is 1. The number of ether oxygens (including phenoxy) is 2. The summed E-state index contributed by atoms with van der Waals surface area (Å²) in [5, 5.41) is 0.873. The maximum Gasteiger partial charge on any atom is 0.337 e. The topological polar surface area (TPSA) is 91.9 Å². The van der Waals surface area contributed by atoms with Crippen molar-refractivity contribution in [2.75, 3.05) is 33.9 Å². The molecule has 38 heavy (non-hydrogen) atoms. The smallest absolute Gasteiger partial charge is 0.337 e. The summed E-state index contributed by atoms with van der Waals surface area (Å²) in [6.45, 7) is 3.31. The van der Waals surface area contributed by atoms with Gasteiger partial charge < -0.3 is 24.3 Å². The molecule has 1 fully saturated rings. The number of hydrogen-bond acceptors (Lipinski definition) is 5. The molecule has 0 radical (unpaired) electrons. The monoisotopic (exact) mass is 513 g/mol. The maximum absolute atomic E-state index is 12.9. The predicted octanol–water partition coefficient (Wildman–Crippen LogP) is 4.44. The molecule has 0 bridgehead atoms. The highest BCUT2D eigenvalue weighted by atomic mass is 16.5. The SMILES string of the molecule is COC(=O)c1cccc(CN2CCN(C(=O)c3cc4cc(OC)ccc4[nH]3)CC2=O)c1.Cc1ccccc1. The van der Waals surface area contributed by atoms with Crippen molar-refractivity contribution >= 4 is 28.7 Å². The number of piperazine rings is 1. The maximum atomic E-state index is 12.9. The van der Waals surface area contributed by atoms with Crippen molar-refractivity contribution in [1.82, 2.24) is 14.8 Å². The number of aromatic amines is 1. The first-order valence-corrected chi connectivity index (χ1v) is 12.3. The van der Waals surface area contributed by atoms with Gasteiger partial charge in [0.2, 0.25) is 5.91 Å². The fourth-order valence-corrected chi connectivity index (χ4v) is 4.24. The molecule has 0 spiro atoms. The molecule has 2 heterocycles. The molecule has 0 saturated carbocycles. The van der Waals surface area contributed by atoms with Gasteiger partial charge >= 0.3 is 5.97 Å². The number of carbonyl (C=O) groups is 3. The van der Waals surface area contributed by atoms with E-state index in [9.17, 15) is 14.4 Å². The number of benzene rings is 3. The van der Waals surface area contributed by atoms with E-state index >= 15 is 0 Å². The Bertz CT molecular complexity index is 1430. The van der Waals surface area contributed by atoms with Gasteiger partial charge in [-0.25, -0.2) is 4.79 Å². The number of amides is 2. The number of aryl methyl sites for hydroxylation is 1. The van der Waals surface area contributed by atoms with Crippen molar-refractivity contribution in [3.05, 3.63) is 101 Å². The Kier molecular flexibility index (Phi) is 8.43. The summed E-state index contributed by atoms with van der Waals surface area (Å²) in [6.07, 6.45) is 0. The minimum Gasteiger partial charge on any atom is -0.497 e. The van der Waals surface area contributed by atoms with Crippen molar-refractivity contribution < 1.29 is 23.9 Å². The molecule has 0 atom stereocenters. The van der Waals surface area contributed by atoms with E-state index in [1.807, 2.05) is 42.5 Å². The fraction of sp³-hybridized carbons (Fsp3) is 0.233. The van der Waals surface area contributed by atoms with Crippen LogP contribution < -0.4 is 4.74 Å². The summed E-state index contributed by atoms with van der Waals surface area (Å²) >= 11 is 0. The molecule has 0 aliphatic carbocycles. The van der Waals surface area contributed by atoms with E-state index in [0.717, 1.165) is 16.5 Å². The Morgan fingerprint density at radius 2 is 1.71 bits per heavy atom. The Morgan fingerprint density at radius 1 is 0.921 bits per heavy atom. The van der Waals surface area contributed by atoms with E-state index in [1.54, 1.807) is 41.2 Å². The van der Waals surface area contributed by atoms with Crippen LogP contribution in [0.1, 0.15) is 32.0 Å². The normalized spacial score (nSPS) is 13.1. The lowest BCUT2D eigenvalue weighted by Crippen LogP contribution is -2.51. The molecule has 1 aliphatic rings. The van der Waals surface area contributed by atoms with E-state index in [-0.39, 0.29) is 18.4 Å². The van der Waals surface area contributed by atoms with Gasteiger partial charge in [0.25, 0.3) is 5.91 Å². The van der Waals surface area contributed by atoms with Crippen molar-refractivity contribution in [2.45, 2.75) is 13.5 Å². The van der Waals surface area contributed by atoms with E-state index in [0.29, 0.717) is 36.6 Å². The standard InChI is InChI=1S/C23H23N3O5.C7H8/c1-30-18-6-7-19-17(11-18)12-20(24-19)22(28)26-9-8-25(21(27)14-26)13-15-4-3-5-16(10-15)23(29)31-2;1-7-5-3-2-4-6-7/h3-7,10-12,24H,8-9,13-14H2,1-2H3;2-6H,1H3. The molecule has 8 heteroatoms. The second-order valence-electron chi connectivity index (χ2n) is 9.02. The molecule has 1 N–H and O–H groups in total. The second-order valence-corrected chi connectivity index (χ2v) is 9.02. The molecule has 2 amide bonds. The van der Waals surface area contributed by atoms with E-state index in [4.69, 9.17) is 9.47 Å². The van der Waals surface area contributed by atoms with Crippen LogP contribution >= 0.6 is 0 Å². The molecule has 0 unspecified atom stereocenters. The molecule has 1 aromatic heterocycles. The number of carbonyl (C=O) groups excluding carboxylic acids is 3.